The fraction of sp³-hybridized carbons (Fsp3) is 0.0556. The minimum atomic E-state index is -0.262. The number of thioether (sulfide) groups is 1. The molecule has 1 aromatic heterocycles. The predicted octanol–water partition coefficient (Wildman–Crippen LogP) is 4.62. The molecule has 0 saturated heterocycles. The molecule has 7 heteroatoms. The van der Waals surface area contributed by atoms with Gasteiger partial charge in [0.1, 0.15) is 5.82 Å². The van der Waals surface area contributed by atoms with E-state index in [4.69, 9.17) is 0 Å². The van der Waals surface area contributed by atoms with E-state index in [0.717, 1.165) is 11.1 Å². The standard InChI is InChI=1S/C18H14FN3OS2/c19-15-8-4-7-14(11-15)12-24-18-22-21-17(25-18)20-16(23)10-9-13-5-2-1-3-6-13/h1-11H,12H2,(H,20,21,23)/b10-9+. The number of rotatable bonds is 6. The number of nitrogens with zero attached hydrogens (tertiary/aromatic N) is 2. The summed E-state index contributed by atoms with van der Waals surface area (Å²) in [7, 11) is 0. The van der Waals surface area contributed by atoms with Crippen molar-refractivity contribution in [3.05, 3.63) is 77.6 Å². The number of halogens is 1. The van der Waals surface area contributed by atoms with Crippen LogP contribution in [0.3, 0.4) is 0 Å². The zero-order valence-electron chi connectivity index (χ0n) is 13.1. The number of benzene rings is 2. The average molecular weight is 371 g/mol. The normalized spacial score (nSPS) is 10.9. The van der Waals surface area contributed by atoms with Crippen LogP contribution >= 0.6 is 23.1 Å². The van der Waals surface area contributed by atoms with Crippen LogP contribution in [-0.4, -0.2) is 16.1 Å². The smallest absolute Gasteiger partial charge is 0.250 e. The molecule has 126 valence electrons. The third kappa shape index (κ3) is 5.51. The van der Waals surface area contributed by atoms with Crippen LogP contribution in [0.1, 0.15) is 11.1 Å². The van der Waals surface area contributed by atoms with Crippen molar-refractivity contribution < 1.29 is 9.18 Å². The summed E-state index contributed by atoms with van der Waals surface area (Å²) in [6, 6.07) is 16.0. The molecule has 0 saturated carbocycles. The van der Waals surface area contributed by atoms with Crippen LogP contribution in [0.5, 0.6) is 0 Å². The van der Waals surface area contributed by atoms with Crippen LogP contribution in [0, 0.1) is 5.82 Å². The Morgan fingerprint density at radius 2 is 2.00 bits per heavy atom. The van der Waals surface area contributed by atoms with Crippen LogP contribution < -0.4 is 5.32 Å². The van der Waals surface area contributed by atoms with E-state index in [1.165, 1.54) is 41.3 Å². The van der Waals surface area contributed by atoms with Crippen molar-refractivity contribution >= 4 is 40.2 Å². The van der Waals surface area contributed by atoms with Crippen molar-refractivity contribution in [1.82, 2.24) is 10.2 Å². The minimum Gasteiger partial charge on any atom is -0.297 e. The van der Waals surface area contributed by atoms with E-state index in [1.54, 1.807) is 12.1 Å². The van der Waals surface area contributed by atoms with Crippen molar-refractivity contribution in [2.45, 2.75) is 10.1 Å². The Labute approximate surface area is 152 Å². The van der Waals surface area contributed by atoms with E-state index in [9.17, 15) is 9.18 Å². The first-order chi connectivity index (χ1) is 12.2. The predicted molar refractivity (Wildman–Crippen MR) is 100.0 cm³/mol. The van der Waals surface area contributed by atoms with E-state index < -0.39 is 0 Å². The van der Waals surface area contributed by atoms with E-state index >= 15 is 0 Å². The molecule has 0 spiro atoms. The number of carbonyl (C=O) groups is 1. The molecule has 2 aromatic carbocycles. The summed E-state index contributed by atoms with van der Waals surface area (Å²) in [6.07, 6.45) is 3.19. The first-order valence-electron chi connectivity index (χ1n) is 7.44. The van der Waals surface area contributed by atoms with Gasteiger partial charge in [-0.1, -0.05) is 65.6 Å². The second-order valence-corrected chi connectivity index (χ2v) is 7.22. The number of nitrogens with one attached hydrogen (secondary N) is 1. The molecule has 1 amide bonds. The molecule has 0 bridgehead atoms. The molecule has 0 aliphatic carbocycles. The highest BCUT2D eigenvalue weighted by Crippen LogP contribution is 2.28. The quantitative estimate of drug-likeness (QED) is 0.390. The molecule has 0 aliphatic rings. The van der Waals surface area contributed by atoms with E-state index in [0.29, 0.717) is 15.2 Å². The molecule has 1 N–H and O–H groups in total. The Kier molecular flexibility index (Phi) is 5.92. The zero-order chi connectivity index (χ0) is 17.5. The van der Waals surface area contributed by atoms with Crippen molar-refractivity contribution in [3.63, 3.8) is 0 Å². The Hall–Kier alpha value is -2.51. The lowest BCUT2D eigenvalue weighted by Crippen LogP contribution is -2.07. The van der Waals surface area contributed by atoms with Gasteiger partial charge in [-0.25, -0.2) is 4.39 Å². The number of hydrogen-bond donors (Lipinski definition) is 1. The Bertz CT molecular complexity index is 881. The van der Waals surface area contributed by atoms with Crippen LogP contribution in [0.15, 0.2) is 65.0 Å². The van der Waals surface area contributed by atoms with Gasteiger partial charge < -0.3 is 0 Å². The van der Waals surface area contributed by atoms with Gasteiger partial charge in [0.25, 0.3) is 0 Å². The fourth-order valence-corrected chi connectivity index (χ4v) is 3.67. The maximum atomic E-state index is 13.1. The summed E-state index contributed by atoms with van der Waals surface area (Å²) in [5.41, 5.74) is 1.82. The lowest BCUT2D eigenvalue weighted by atomic mass is 10.2. The summed E-state index contributed by atoms with van der Waals surface area (Å²) in [5, 5.41) is 11.1. The molecular formula is C18H14FN3OS2. The van der Waals surface area contributed by atoms with Gasteiger partial charge >= 0.3 is 0 Å². The van der Waals surface area contributed by atoms with Crippen molar-refractivity contribution in [1.29, 1.82) is 0 Å². The average Bonchev–Trinajstić information content (AvgIpc) is 3.06. The maximum Gasteiger partial charge on any atom is 0.250 e. The fourth-order valence-electron chi connectivity index (χ4n) is 1.97. The van der Waals surface area contributed by atoms with Crippen molar-refractivity contribution in [2.75, 3.05) is 5.32 Å². The first-order valence-corrected chi connectivity index (χ1v) is 9.24. The summed E-state index contributed by atoms with van der Waals surface area (Å²) in [5.74, 6) is 0.0732. The van der Waals surface area contributed by atoms with Crippen LogP contribution in [-0.2, 0) is 10.5 Å². The Morgan fingerprint density at radius 1 is 1.16 bits per heavy atom. The lowest BCUT2D eigenvalue weighted by molar-refractivity contribution is -0.111. The molecule has 3 aromatic rings. The number of carbonyl (C=O) groups excluding carboxylic acids is 1. The number of anilines is 1. The molecule has 0 unspecified atom stereocenters. The largest absolute Gasteiger partial charge is 0.297 e. The van der Waals surface area contributed by atoms with Crippen molar-refractivity contribution in [3.8, 4) is 0 Å². The van der Waals surface area contributed by atoms with Gasteiger partial charge in [0, 0.05) is 11.8 Å². The van der Waals surface area contributed by atoms with Crippen molar-refractivity contribution in [2.24, 2.45) is 0 Å². The maximum absolute atomic E-state index is 13.1. The second kappa shape index (κ2) is 8.55. The monoisotopic (exact) mass is 371 g/mol. The molecular weight excluding hydrogens is 357 g/mol. The lowest BCUT2D eigenvalue weighted by Gasteiger charge is -1.98. The number of hydrogen-bond acceptors (Lipinski definition) is 5. The van der Waals surface area contributed by atoms with Gasteiger partial charge in [-0.05, 0) is 29.3 Å². The van der Waals surface area contributed by atoms with Gasteiger partial charge in [0.15, 0.2) is 4.34 Å². The van der Waals surface area contributed by atoms with Gasteiger partial charge in [-0.3, -0.25) is 10.1 Å². The van der Waals surface area contributed by atoms with E-state index in [1.807, 2.05) is 36.4 Å². The number of aromatic nitrogens is 2. The van der Waals surface area contributed by atoms with E-state index in [2.05, 4.69) is 15.5 Å². The summed E-state index contributed by atoms with van der Waals surface area (Å²) < 4.78 is 13.9. The molecule has 0 atom stereocenters. The van der Waals surface area contributed by atoms with Crippen LogP contribution in [0.25, 0.3) is 6.08 Å². The van der Waals surface area contributed by atoms with Gasteiger partial charge in [-0.2, -0.15) is 0 Å². The molecule has 1 heterocycles. The zero-order valence-corrected chi connectivity index (χ0v) is 14.7. The topological polar surface area (TPSA) is 54.9 Å². The highest BCUT2D eigenvalue weighted by Gasteiger charge is 2.07. The van der Waals surface area contributed by atoms with Gasteiger partial charge in [0.2, 0.25) is 11.0 Å². The third-order valence-corrected chi connectivity index (χ3v) is 5.16. The van der Waals surface area contributed by atoms with Crippen LogP contribution in [0.4, 0.5) is 9.52 Å². The SMILES string of the molecule is O=C(/C=C/c1ccccc1)Nc1nnc(SCc2cccc(F)c2)s1. The minimum absolute atomic E-state index is 0.256. The summed E-state index contributed by atoms with van der Waals surface area (Å²) in [4.78, 5) is 11.9. The highest BCUT2D eigenvalue weighted by molar-refractivity contribution is 8.00. The third-order valence-electron chi connectivity index (χ3n) is 3.11. The Morgan fingerprint density at radius 3 is 2.80 bits per heavy atom. The summed E-state index contributed by atoms with van der Waals surface area (Å²) >= 11 is 2.74. The van der Waals surface area contributed by atoms with Gasteiger partial charge in [-0.15, -0.1) is 10.2 Å². The van der Waals surface area contributed by atoms with Crippen LogP contribution in [0.2, 0.25) is 0 Å². The first kappa shape index (κ1) is 17.3. The summed E-state index contributed by atoms with van der Waals surface area (Å²) in [6.45, 7) is 0. The second-order valence-electron chi connectivity index (χ2n) is 5.02. The molecule has 4 nitrogen and oxygen atoms in total. The molecule has 3 rings (SSSR count). The molecule has 0 radical (unpaired) electrons. The van der Waals surface area contributed by atoms with Gasteiger partial charge in [0.05, 0.1) is 0 Å². The molecule has 0 aliphatic heterocycles. The number of amides is 1. The molecule has 25 heavy (non-hydrogen) atoms. The Balaban J connectivity index is 1.52. The highest BCUT2D eigenvalue weighted by atomic mass is 32.2. The molecule has 0 fully saturated rings. The van der Waals surface area contributed by atoms with E-state index in [-0.39, 0.29) is 11.7 Å².